The van der Waals surface area contributed by atoms with Crippen molar-refractivity contribution in [1.82, 2.24) is 24.9 Å². The molecule has 96 valence electrons. The fourth-order valence-electron chi connectivity index (χ4n) is 1.78. The summed E-state index contributed by atoms with van der Waals surface area (Å²) < 4.78 is 3.51. The molecule has 2 aromatic rings. The van der Waals surface area contributed by atoms with E-state index >= 15 is 0 Å². The molecule has 2 rings (SSSR count). The smallest absolute Gasteiger partial charge is 0.272 e. The van der Waals surface area contributed by atoms with E-state index in [0.29, 0.717) is 12.2 Å². The van der Waals surface area contributed by atoms with Gasteiger partial charge in [-0.1, -0.05) is 0 Å². The zero-order valence-corrected chi connectivity index (χ0v) is 10.8. The Kier molecular flexibility index (Phi) is 3.45. The molecule has 0 saturated carbocycles. The fraction of sp³-hybridized carbons (Fsp3) is 0.417. The molecule has 0 aliphatic rings. The molecule has 1 amide bonds. The lowest BCUT2D eigenvalue weighted by molar-refractivity contribution is 0.0945. The van der Waals surface area contributed by atoms with E-state index in [0.717, 1.165) is 17.8 Å². The van der Waals surface area contributed by atoms with Crippen molar-refractivity contribution in [3.05, 3.63) is 35.4 Å². The number of hydrogen-bond donors (Lipinski definition) is 1. The summed E-state index contributed by atoms with van der Waals surface area (Å²) in [6.45, 7) is 5.34. The molecule has 0 spiro atoms. The number of rotatable bonds is 4. The van der Waals surface area contributed by atoms with Gasteiger partial charge in [0.1, 0.15) is 5.69 Å². The largest absolute Gasteiger partial charge is 0.346 e. The van der Waals surface area contributed by atoms with Gasteiger partial charge in [0.15, 0.2) is 0 Å². The van der Waals surface area contributed by atoms with Crippen molar-refractivity contribution < 1.29 is 4.79 Å². The van der Waals surface area contributed by atoms with Crippen molar-refractivity contribution in [2.45, 2.75) is 26.9 Å². The zero-order valence-electron chi connectivity index (χ0n) is 10.8. The highest BCUT2D eigenvalue weighted by Gasteiger charge is 2.10. The van der Waals surface area contributed by atoms with Crippen molar-refractivity contribution in [3.8, 4) is 0 Å². The van der Waals surface area contributed by atoms with E-state index in [2.05, 4.69) is 15.5 Å². The predicted octanol–water partition coefficient (Wildman–Crippen LogP) is 0.875. The van der Waals surface area contributed by atoms with Crippen LogP contribution in [0.3, 0.4) is 0 Å². The number of aryl methyl sites for hydroxylation is 2. The van der Waals surface area contributed by atoms with E-state index < -0.39 is 0 Å². The van der Waals surface area contributed by atoms with Crippen molar-refractivity contribution >= 4 is 5.91 Å². The van der Waals surface area contributed by atoms with Crippen molar-refractivity contribution in [3.63, 3.8) is 0 Å². The Morgan fingerprint density at radius 2 is 2.28 bits per heavy atom. The molecule has 0 bridgehead atoms. The third kappa shape index (κ3) is 2.42. The summed E-state index contributed by atoms with van der Waals surface area (Å²) in [6, 6.07) is 1.69. The molecule has 2 heterocycles. The third-order valence-electron chi connectivity index (χ3n) is 2.89. The second-order valence-electron chi connectivity index (χ2n) is 4.13. The van der Waals surface area contributed by atoms with Crippen LogP contribution in [0.5, 0.6) is 0 Å². The van der Waals surface area contributed by atoms with Gasteiger partial charge in [0.25, 0.3) is 5.91 Å². The predicted molar refractivity (Wildman–Crippen MR) is 67.0 cm³/mol. The summed E-state index contributed by atoms with van der Waals surface area (Å²) in [5.41, 5.74) is 2.54. The van der Waals surface area contributed by atoms with E-state index in [1.807, 2.05) is 18.5 Å². The lowest BCUT2D eigenvalue weighted by atomic mass is 10.2. The Labute approximate surface area is 106 Å². The van der Waals surface area contributed by atoms with Gasteiger partial charge in [0.2, 0.25) is 0 Å². The molecule has 0 aliphatic carbocycles. The van der Waals surface area contributed by atoms with E-state index in [1.54, 1.807) is 30.2 Å². The third-order valence-corrected chi connectivity index (χ3v) is 2.89. The number of carbonyl (C=O) groups is 1. The normalized spacial score (nSPS) is 10.6. The van der Waals surface area contributed by atoms with Crippen LogP contribution in [0.15, 0.2) is 18.5 Å². The summed E-state index contributed by atoms with van der Waals surface area (Å²) in [5, 5.41) is 11.1. The molecule has 1 N–H and O–H groups in total. The zero-order chi connectivity index (χ0) is 13.1. The summed E-state index contributed by atoms with van der Waals surface area (Å²) in [7, 11) is 1.78. The second-order valence-corrected chi connectivity index (χ2v) is 4.13. The Morgan fingerprint density at radius 3 is 2.83 bits per heavy atom. The molecule has 0 fully saturated rings. The maximum atomic E-state index is 11.8. The SMILES string of the molecule is CCn1ncc(CNC(=O)c2ccn(C)n2)c1C. The van der Waals surface area contributed by atoms with Crippen LogP contribution in [0.25, 0.3) is 0 Å². The van der Waals surface area contributed by atoms with E-state index in [4.69, 9.17) is 0 Å². The first kappa shape index (κ1) is 12.3. The molecule has 0 saturated heterocycles. The van der Waals surface area contributed by atoms with Crippen LogP contribution in [0.4, 0.5) is 0 Å². The van der Waals surface area contributed by atoms with Crippen molar-refractivity contribution in [1.29, 1.82) is 0 Å². The topological polar surface area (TPSA) is 64.7 Å². The van der Waals surface area contributed by atoms with Crippen molar-refractivity contribution in [2.24, 2.45) is 7.05 Å². The average Bonchev–Trinajstić information content (AvgIpc) is 2.93. The average molecular weight is 247 g/mol. The summed E-state index contributed by atoms with van der Waals surface area (Å²) >= 11 is 0. The lowest BCUT2D eigenvalue weighted by Crippen LogP contribution is -2.23. The van der Waals surface area contributed by atoms with Crippen LogP contribution in [0.1, 0.15) is 28.7 Å². The lowest BCUT2D eigenvalue weighted by Gasteiger charge is -2.04. The minimum Gasteiger partial charge on any atom is -0.346 e. The van der Waals surface area contributed by atoms with Crippen LogP contribution in [0, 0.1) is 6.92 Å². The molecule has 2 aromatic heterocycles. The highest BCUT2D eigenvalue weighted by Crippen LogP contribution is 2.06. The number of amides is 1. The number of carbonyl (C=O) groups excluding carboxylic acids is 1. The van der Waals surface area contributed by atoms with Gasteiger partial charge in [-0.3, -0.25) is 14.2 Å². The van der Waals surface area contributed by atoms with Gasteiger partial charge in [0, 0.05) is 37.6 Å². The van der Waals surface area contributed by atoms with Gasteiger partial charge < -0.3 is 5.32 Å². The van der Waals surface area contributed by atoms with E-state index in [1.165, 1.54) is 0 Å². The summed E-state index contributed by atoms with van der Waals surface area (Å²) in [4.78, 5) is 11.8. The quantitative estimate of drug-likeness (QED) is 0.872. The molecular formula is C12H17N5O. The minimum atomic E-state index is -0.167. The van der Waals surface area contributed by atoms with E-state index in [-0.39, 0.29) is 5.91 Å². The van der Waals surface area contributed by atoms with Gasteiger partial charge in [-0.15, -0.1) is 0 Å². The van der Waals surface area contributed by atoms with Crippen LogP contribution in [-0.4, -0.2) is 25.5 Å². The molecule has 6 heteroatoms. The summed E-state index contributed by atoms with van der Waals surface area (Å²) in [6.07, 6.45) is 3.53. The van der Waals surface area contributed by atoms with Gasteiger partial charge in [-0.2, -0.15) is 10.2 Å². The minimum absolute atomic E-state index is 0.167. The number of nitrogens with zero attached hydrogens (tertiary/aromatic N) is 4. The van der Waals surface area contributed by atoms with Gasteiger partial charge >= 0.3 is 0 Å². The Hall–Kier alpha value is -2.11. The molecule has 0 aromatic carbocycles. The van der Waals surface area contributed by atoms with Gasteiger partial charge in [0.05, 0.1) is 6.20 Å². The number of nitrogens with one attached hydrogen (secondary N) is 1. The standard InChI is InChI=1S/C12H17N5O/c1-4-17-9(2)10(8-14-17)7-13-12(18)11-5-6-16(3)15-11/h5-6,8H,4,7H2,1-3H3,(H,13,18). The van der Waals surface area contributed by atoms with Crippen LogP contribution < -0.4 is 5.32 Å². The summed E-state index contributed by atoms with van der Waals surface area (Å²) in [5.74, 6) is -0.167. The van der Waals surface area contributed by atoms with Crippen LogP contribution >= 0.6 is 0 Å². The Balaban J connectivity index is 1.99. The van der Waals surface area contributed by atoms with Crippen molar-refractivity contribution in [2.75, 3.05) is 0 Å². The Morgan fingerprint density at radius 1 is 1.50 bits per heavy atom. The van der Waals surface area contributed by atoms with Gasteiger partial charge in [-0.25, -0.2) is 0 Å². The van der Waals surface area contributed by atoms with Crippen LogP contribution in [0.2, 0.25) is 0 Å². The second kappa shape index (κ2) is 5.03. The maximum absolute atomic E-state index is 11.8. The highest BCUT2D eigenvalue weighted by atomic mass is 16.1. The molecule has 0 radical (unpaired) electrons. The molecule has 6 nitrogen and oxygen atoms in total. The number of hydrogen-bond acceptors (Lipinski definition) is 3. The maximum Gasteiger partial charge on any atom is 0.272 e. The molecule has 0 unspecified atom stereocenters. The Bertz CT molecular complexity index is 555. The van der Waals surface area contributed by atoms with Gasteiger partial charge in [-0.05, 0) is 19.9 Å². The van der Waals surface area contributed by atoms with E-state index in [9.17, 15) is 4.79 Å². The molecule has 0 atom stereocenters. The molecule has 18 heavy (non-hydrogen) atoms. The molecular weight excluding hydrogens is 230 g/mol. The first-order chi connectivity index (χ1) is 8.61. The number of aromatic nitrogens is 4. The monoisotopic (exact) mass is 247 g/mol. The highest BCUT2D eigenvalue weighted by molar-refractivity contribution is 5.92. The first-order valence-electron chi connectivity index (χ1n) is 5.91. The first-order valence-corrected chi connectivity index (χ1v) is 5.91. The molecule has 0 aliphatic heterocycles. The van der Waals surface area contributed by atoms with Crippen LogP contribution in [-0.2, 0) is 20.1 Å². The fourth-order valence-corrected chi connectivity index (χ4v) is 1.78.